The van der Waals surface area contributed by atoms with Gasteiger partial charge in [-0.1, -0.05) is 36.4 Å². The Bertz CT molecular complexity index is 1040. The fourth-order valence-electron chi connectivity index (χ4n) is 3.76. The smallest absolute Gasteiger partial charge is 0.227 e. The van der Waals surface area contributed by atoms with E-state index in [-0.39, 0.29) is 0 Å². The molecule has 1 atom stereocenters. The highest BCUT2D eigenvalue weighted by molar-refractivity contribution is 5.47. The second-order valence-corrected chi connectivity index (χ2v) is 8.12. The van der Waals surface area contributed by atoms with Crippen molar-refractivity contribution < 1.29 is 19.3 Å². The maximum atomic E-state index is 10.6. The first-order valence-electron chi connectivity index (χ1n) is 11.5. The van der Waals surface area contributed by atoms with Gasteiger partial charge < -0.3 is 19.3 Å². The average Bonchev–Trinajstić information content (AvgIpc) is 3.16. The van der Waals surface area contributed by atoms with Gasteiger partial charge in [0.05, 0.1) is 36.8 Å². The van der Waals surface area contributed by atoms with E-state index in [1.54, 1.807) is 14.2 Å². The van der Waals surface area contributed by atoms with Crippen molar-refractivity contribution in [1.29, 1.82) is 0 Å². The third-order valence-corrected chi connectivity index (χ3v) is 5.58. The van der Waals surface area contributed by atoms with Gasteiger partial charge in [-0.05, 0) is 44.0 Å². The number of aliphatic hydroxyl groups is 1. The number of aliphatic hydroxyl groups excluding tert-OH is 1. The van der Waals surface area contributed by atoms with Gasteiger partial charge in [0.1, 0.15) is 0 Å². The molecule has 2 aromatic carbocycles. The third kappa shape index (κ3) is 6.70. The lowest BCUT2D eigenvalue weighted by atomic mass is 10.1. The van der Waals surface area contributed by atoms with Crippen molar-refractivity contribution in [2.75, 3.05) is 33.9 Å². The summed E-state index contributed by atoms with van der Waals surface area (Å²) in [5.74, 6) is 1.87. The van der Waals surface area contributed by atoms with Crippen LogP contribution in [0.3, 0.4) is 0 Å². The zero-order valence-electron chi connectivity index (χ0n) is 20.3. The van der Waals surface area contributed by atoms with Crippen LogP contribution in [0.15, 0.2) is 67.3 Å². The van der Waals surface area contributed by atoms with Gasteiger partial charge in [-0.25, -0.2) is 4.68 Å². The second kappa shape index (κ2) is 12.9. The van der Waals surface area contributed by atoms with E-state index < -0.39 is 6.10 Å². The van der Waals surface area contributed by atoms with Crippen molar-refractivity contribution in [2.45, 2.75) is 32.4 Å². The van der Waals surface area contributed by atoms with Gasteiger partial charge in [-0.15, -0.1) is 6.58 Å². The minimum atomic E-state index is -0.460. The zero-order chi connectivity index (χ0) is 24.3. The fraction of sp³-hybridized carbons (Fsp3) is 0.370. The summed E-state index contributed by atoms with van der Waals surface area (Å²) >= 11 is 0. The molecule has 0 radical (unpaired) electrons. The van der Waals surface area contributed by atoms with Gasteiger partial charge in [-0.3, -0.25) is 4.90 Å². The van der Waals surface area contributed by atoms with E-state index >= 15 is 0 Å². The van der Waals surface area contributed by atoms with E-state index in [0.29, 0.717) is 50.0 Å². The SMILES string of the molecule is C=CCCC(O)CN(CCOC)Cc1c(C)nn(-c2ccccc2)c1Oc1ccccc1OC. The lowest BCUT2D eigenvalue weighted by molar-refractivity contribution is 0.0804. The quantitative estimate of drug-likeness (QED) is 0.346. The minimum absolute atomic E-state index is 0.460. The predicted molar refractivity (Wildman–Crippen MR) is 134 cm³/mol. The Morgan fingerprint density at radius 1 is 1.09 bits per heavy atom. The molecule has 0 saturated carbocycles. The Morgan fingerprint density at radius 2 is 1.79 bits per heavy atom. The highest BCUT2D eigenvalue weighted by Gasteiger charge is 2.23. The number of allylic oxidation sites excluding steroid dienone is 1. The van der Waals surface area contributed by atoms with Gasteiger partial charge >= 0.3 is 0 Å². The van der Waals surface area contributed by atoms with E-state index in [9.17, 15) is 5.11 Å². The Labute approximate surface area is 202 Å². The molecule has 1 aromatic heterocycles. The summed E-state index contributed by atoms with van der Waals surface area (Å²) in [4.78, 5) is 2.17. The normalized spacial score (nSPS) is 12.0. The first-order chi connectivity index (χ1) is 16.6. The Morgan fingerprint density at radius 3 is 2.47 bits per heavy atom. The number of hydrogen-bond acceptors (Lipinski definition) is 6. The summed E-state index contributed by atoms with van der Waals surface area (Å²) in [5, 5.41) is 15.4. The van der Waals surface area contributed by atoms with Gasteiger partial charge in [0, 0.05) is 26.7 Å². The van der Waals surface area contributed by atoms with Crippen LogP contribution in [0.5, 0.6) is 17.4 Å². The van der Waals surface area contributed by atoms with Gasteiger partial charge in [0.25, 0.3) is 0 Å². The Balaban J connectivity index is 1.99. The van der Waals surface area contributed by atoms with Crippen molar-refractivity contribution in [3.05, 3.63) is 78.5 Å². The first kappa shape index (κ1) is 25.5. The van der Waals surface area contributed by atoms with Crippen molar-refractivity contribution in [3.8, 4) is 23.1 Å². The van der Waals surface area contributed by atoms with Crippen LogP contribution in [0.4, 0.5) is 0 Å². The second-order valence-electron chi connectivity index (χ2n) is 8.12. The molecule has 1 heterocycles. The van der Waals surface area contributed by atoms with Gasteiger partial charge in [-0.2, -0.15) is 5.10 Å². The fourth-order valence-corrected chi connectivity index (χ4v) is 3.76. The molecule has 0 bridgehead atoms. The van der Waals surface area contributed by atoms with Crippen LogP contribution in [0, 0.1) is 6.92 Å². The molecule has 0 fully saturated rings. The maximum Gasteiger partial charge on any atom is 0.227 e. The summed E-state index contributed by atoms with van der Waals surface area (Å²) in [6, 6.07) is 17.5. The molecule has 0 saturated heterocycles. The minimum Gasteiger partial charge on any atom is -0.493 e. The van der Waals surface area contributed by atoms with Crippen molar-refractivity contribution >= 4 is 0 Å². The molecule has 0 aliphatic carbocycles. The van der Waals surface area contributed by atoms with Crippen molar-refractivity contribution in [3.63, 3.8) is 0 Å². The number of benzene rings is 2. The molecule has 3 rings (SSSR count). The lowest BCUT2D eigenvalue weighted by Crippen LogP contribution is -2.34. The van der Waals surface area contributed by atoms with Crippen LogP contribution in [0.1, 0.15) is 24.1 Å². The molecule has 0 aliphatic rings. The molecule has 7 heteroatoms. The third-order valence-electron chi connectivity index (χ3n) is 5.58. The molecule has 1 N–H and O–H groups in total. The Kier molecular flexibility index (Phi) is 9.70. The number of methoxy groups -OCH3 is 2. The Hall–Kier alpha value is -3.13. The molecule has 0 aliphatic heterocycles. The lowest BCUT2D eigenvalue weighted by Gasteiger charge is -2.25. The largest absolute Gasteiger partial charge is 0.493 e. The average molecular weight is 466 g/mol. The molecule has 0 amide bonds. The summed E-state index contributed by atoms with van der Waals surface area (Å²) < 4.78 is 19.1. The number of ether oxygens (including phenoxy) is 3. The van der Waals surface area contributed by atoms with E-state index in [4.69, 9.17) is 19.3 Å². The number of aromatic nitrogens is 2. The summed E-state index contributed by atoms with van der Waals surface area (Å²) in [7, 11) is 3.31. The standard InChI is InChI=1S/C27H35N3O4/c1-5-6-14-23(31)19-29(17-18-32-3)20-24-21(2)28-30(22-12-8-7-9-13-22)27(24)34-26-16-11-10-15-25(26)33-4/h5,7-13,15-16,23,31H,1,6,14,17-20H2,2-4H3. The van der Waals surface area contributed by atoms with Crippen LogP contribution in [0.2, 0.25) is 0 Å². The number of aryl methyl sites for hydroxylation is 1. The van der Waals surface area contributed by atoms with Gasteiger partial charge in [0.2, 0.25) is 5.88 Å². The van der Waals surface area contributed by atoms with Crippen LogP contribution in [-0.4, -0.2) is 59.8 Å². The molecular weight excluding hydrogens is 430 g/mol. The van der Waals surface area contributed by atoms with E-state index in [0.717, 1.165) is 23.4 Å². The van der Waals surface area contributed by atoms with Crippen molar-refractivity contribution in [1.82, 2.24) is 14.7 Å². The van der Waals surface area contributed by atoms with E-state index in [2.05, 4.69) is 11.5 Å². The van der Waals surface area contributed by atoms with Gasteiger partial charge in [0.15, 0.2) is 11.5 Å². The monoisotopic (exact) mass is 465 g/mol. The van der Waals surface area contributed by atoms with Crippen LogP contribution in [0.25, 0.3) is 5.69 Å². The summed E-state index contributed by atoms with van der Waals surface area (Å²) in [5.41, 5.74) is 2.70. The molecule has 0 spiro atoms. The van der Waals surface area contributed by atoms with Crippen LogP contribution < -0.4 is 9.47 Å². The molecule has 34 heavy (non-hydrogen) atoms. The molecule has 7 nitrogen and oxygen atoms in total. The highest BCUT2D eigenvalue weighted by Crippen LogP contribution is 2.36. The topological polar surface area (TPSA) is 69.0 Å². The highest BCUT2D eigenvalue weighted by atomic mass is 16.5. The number of hydrogen-bond donors (Lipinski definition) is 1. The van der Waals surface area contributed by atoms with E-state index in [1.165, 1.54) is 0 Å². The molecular formula is C27H35N3O4. The van der Waals surface area contributed by atoms with Crippen molar-refractivity contribution in [2.24, 2.45) is 0 Å². The van der Waals surface area contributed by atoms with Crippen LogP contribution in [-0.2, 0) is 11.3 Å². The zero-order valence-corrected chi connectivity index (χ0v) is 20.3. The summed E-state index contributed by atoms with van der Waals surface area (Å²) in [6.45, 7) is 8.03. The molecule has 3 aromatic rings. The number of rotatable bonds is 14. The van der Waals surface area contributed by atoms with E-state index in [1.807, 2.05) is 72.3 Å². The predicted octanol–water partition coefficient (Wildman–Crippen LogP) is 4.76. The summed E-state index contributed by atoms with van der Waals surface area (Å²) in [6.07, 6.45) is 2.81. The van der Waals surface area contributed by atoms with Crippen LogP contribution >= 0.6 is 0 Å². The number of para-hydroxylation sites is 3. The molecule has 1 unspecified atom stereocenters. The number of nitrogens with zero attached hydrogens (tertiary/aromatic N) is 3. The maximum absolute atomic E-state index is 10.6. The first-order valence-corrected chi connectivity index (χ1v) is 11.5. The molecule has 182 valence electrons.